The Morgan fingerprint density at radius 2 is 2.12 bits per heavy atom. The topological polar surface area (TPSA) is 76.2 Å². The fourth-order valence-electron chi connectivity index (χ4n) is 3.39. The first kappa shape index (κ1) is 17.0. The van der Waals surface area contributed by atoms with E-state index in [4.69, 9.17) is 9.15 Å². The molecule has 2 fully saturated rings. The predicted octanol–water partition coefficient (Wildman–Crippen LogP) is -0.694. The van der Waals surface area contributed by atoms with Crippen LogP contribution in [0.25, 0.3) is 0 Å². The highest BCUT2D eigenvalue weighted by Gasteiger charge is 2.32. The van der Waals surface area contributed by atoms with E-state index in [0.29, 0.717) is 18.7 Å². The number of nitrogens with zero attached hydrogens (tertiary/aromatic N) is 1. The van der Waals surface area contributed by atoms with Crippen molar-refractivity contribution in [1.29, 1.82) is 0 Å². The number of piperidine rings is 1. The zero-order valence-corrected chi connectivity index (χ0v) is 14.0. The minimum absolute atomic E-state index is 0.0424. The molecule has 0 radical (unpaired) electrons. The summed E-state index contributed by atoms with van der Waals surface area (Å²) in [6.45, 7) is 5.72. The molecule has 0 bridgehead atoms. The number of ether oxygens (including phenoxy) is 1. The lowest BCUT2D eigenvalue weighted by molar-refractivity contribution is -0.906. The van der Waals surface area contributed by atoms with Gasteiger partial charge in [0.25, 0.3) is 5.91 Å². The highest BCUT2D eigenvalue weighted by molar-refractivity contribution is 5.97. The van der Waals surface area contributed by atoms with Gasteiger partial charge in [-0.15, -0.1) is 0 Å². The SMILES string of the molecule is O=C(NCC[NH+]1CCOCC1)[C@@H]1CCCCN1C(=O)c1ccoc1. The van der Waals surface area contributed by atoms with E-state index >= 15 is 0 Å². The number of carbonyl (C=O) groups excluding carboxylic acids is 2. The molecule has 7 nitrogen and oxygen atoms in total. The number of nitrogens with one attached hydrogen (secondary N) is 2. The van der Waals surface area contributed by atoms with Crippen molar-refractivity contribution in [2.75, 3.05) is 45.9 Å². The molecule has 7 heteroatoms. The van der Waals surface area contributed by atoms with Crippen LogP contribution in [0.2, 0.25) is 0 Å². The Balaban J connectivity index is 1.52. The Morgan fingerprint density at radius 1 is 1.29 bits per heavy atom. The number of furan rings is 1. The number of hydrogen-bond donors (Lipinski definition) is 2. The molecule has 2 aliphatic heterocycles. The lowest BCUT2D eigenvalue weighted by Crippen LogP contribution is -3.14. The first-order chi connectivity index (χ1) is 11.8. The van der Waals surface area contributed by atoms with Crippen LogP contribution >= 0.6 is 0 Å². The van der Waals surface area contributed by atoms with E-state index in [1.807, 2.05) is 0 Å². The van der Waals surface area contributed by atoms with Crippen LogP contribution in [0, 0.1) is 0 Å². The van der Waals surface area contributed by atoms with Crippen LogP contribution in [0.5, 0.6) is 0 Å². The lowest BCUT2D eigenvalue weighted by atomic mass is 10.0. The number of carbonyl (C=O) groups is 2. The largest absolute Gasteiger partial charge is 0.472 e. The summed E-state index contributed by atoms with van der Waals surface area (Å²) in [5, 5.41) is 3.01. The minimum Gasteiger partial charge on any atom is -0.472 e. The van der Waals surface area contributed by atoms with Crippen molar-refractivity contribution in [3.8, 4) is 0 Å². The number of likely N-dealkylation sites (tertiary alicyclic amines) is 1. The van der Waals surface area contributed by atoms with Gasteiger partial charge in [0, 0.05) is 6.54 Å². The van der Waals surface area contributed by atoms with Gasteiger partial charge < -0.3 is 24.3 Å². The summed E-state index contributed by atoms with van der Waals surface area (Å²) in [7, 11) is 0. The molecule has 0 unspecified atom stereocenters. The van der Waals surface area contributed by atoms with E-state index in [0.717, 1.165) is 52.1 Å². The Hall–Kier alpha value is -1.86. The van der Waals surface area contributed by atoms with Crippen molar-refractivity contribution in [3.05, 3.63) is 24.2 Å². The van der Waals surface area contributed by atoms with Crippen molar-refractivity contribution in [1.82, 2.24) is 10.2 Å². The molecule has 0 saturated carbocycles. The molecule has 0 spiro atoms. The second-order valence-electron chi connectivity index (χ2n) is 6.43. The first-order valence-corrected chi connectivity index (χ1v) is 8.78. The molecule has 2 amide bonds. The average molecular weight is 336 g/mol. The third-order valence-electron chi connectivity index (χ3n) is 4.81. The maximum Gasteiger partial charge on any atom is 0.257 e. The highest BCUT2D eigenvalue weighted by atomic mass is 16.5. The molecule has 1 atom stereocenters. The molecule has 3 heterocycles. The van der Waals surface area contributed by atoms with Crippen LogP contribution in [0.3, 0.4) is 0 Å². The minimum atomic E-state index is -0.374. The average Bonchev–Trinajstić information content (AvgIpc) is 3.16. The molecule has 2 aliphatic rings. The lowest BCUT2D eigenvalue weighted by Gasteiger charge is -2.34. The van der Waals surface area contributed by atoms with Crippen LogP contribution in [0.4, 0.5) is 0 Å². The van der Waals surface area contributed by atoms with Gasteiger partial charge >= 0.3 is 0 Å². The maximum atomic E-state index is 12.6. The smallest absolute Gasteiger partial charge is 0.257 e. The van der Waals surface area contributed by atoms with E-state index in [1.54, 1.807) is 11.0 Å². The summed E-state index contributed by atoms with van der Waals surface area (Å²) in [5.74, 6) is -0.165. The molecule has 0 aromatic carbocycles. The van der Waals surface area contributed by atoms with Crippen LogP contribution in [-0.4, -0.2) is 68.7 Å². The number of amides is 2. The molecule has 3 rings (SSSR count). The predicted molar refractivity (Wildman–Crippen MR) is 86.8 cm³/mol. The molecule has 2 N–H and O–H groups in total. The summed E-state index contributed by atoms with van der Waals surface area (Å²) in [4.78, 5) is 28.3. The first-order valence-electron chi connectivity index (χ1n) is 8.78. The summed E-state index contributed by atoms with van der Waals surface area (Å²) in [6, 6.07) is 1.27. The molecular formula is C17H26N3O4+. The van der Waals surface area contributed by atoms with E-state index in [-0.39, 0.29) is 17.9 Å². The van der Waals surface area contributed by atoms with E-state index < -0.39 is 0 Å². The van der Waals surface area contributed by atoms with Gasteiger partial charge in [-0.3, -0.25) is 9.59 Å². The maximum absolute atomic E-state index is 12.6. The van der Waals surface area contributed by atoms with Crippen LogP contribution < -0.4 is 10.2 Å². The van der Waals surface area contributed by atoms with Gasteiger partial charge in [-0.05, 0) is 25.3 Å². The zero-order chi connectivity index (χ0) is 16.8. The molecule has 1 aromatic heterocycles. The van der Waals surface area contributed by atoms with E-state index in [9.17, 15) is 9.59 Å². The second kappa shape index (κ2) is 8.30. The van der Waals surface area contributed by atoms with Crippen LogP contribution in [0.1, 0.15) is 29.6 Å². The molecule has 24 heavy (non-hydrogen) atoms. The van der Waals surface area contributed by atoms with E-state index in [1.165, 1.54) is 17.4 Å². The fraction of sp³-hybridized carbons (Fsp3) is 0.647. The molecule has 132 valence electrons. The third-order valence-corrected chi connectivity index (χ3v) is 4.81. The zero-order valence-electron chi connectivity index (χ0n) is 14.0. The highest BCUT2D eigenvalue weighted by Crippen LogP contribution is 2.20. The molecular weight excluding hydrogens is 310 g/mol. The summed E-state index contributed by atoms with van der Waals surface area (Å²) in [6.07, 6.45) is 5.55. The molecule has 2 saturated heterocycles. The van der Waals surface area contributed by atoms with Gasteiger partial charge in [0.2, 0.25) is 5.91 Å². The van der Waals surface area contributed by atoms with Crippen molar-refractivity contribution in [3.63, 3.8) is 0 Å². The normalized spacial score (nSPS) is 22.3. The summed E-state index contributed by atoms with van der Waals surface area (Å²) >= 11 is 0. The van der Waals surface area contributed by atoms with Gasteiger partial charge in [-0.1, -0.05) is 0 Å². The van der Waals surface area contributed by atoms with Crippen molar-refractivity contribution < 1.29 is 23.6 Å². The Bertz CT molecular complexity index is 540. The van der Waals surface area contributed by atoms with Crippen LogP contribution in [0.15, 0.2) is 23.0 Å². The van der Waals surface area contributed by atoms with Crippen molar-refractivity contribution in [2.45, 2.75) is 25.3 Å². The number of quaternary nitrogens is 1. The Labute approximate surface area is 141 Å². The van der Waals surface area contributed by atoms with Gasteiger partial charge in [0.05, 0.1) is 38.1 Å². The third kappa shape index (κ3) is 4.15. The second-order valence-corrected chi connectivity index (χ2v) is 6.43. The van der Waals surface area contributed by atoms with Gasteiger partial charge in [-0.2, -0.15) is 0 Å². The van der Waals surface area contributed by atoms with Crippen molar-refractivity contribution in [2.24, 2.45) is 0 Å². The monoisotopic (exact) mass is 336 g/mol. The Morgan fingerprint density at radius 3 is 2.88 bits per heavy atom. The Kier molecular flexibility index (Phi) is 5.87. The van der Waals surface area contributed by atoms with E-state index in [2.05, 4.69) is 5.32 Å². The standard InChI is InChI=1S/C17H25N3O4/c21-16(18-5-7-19-8-11-23-12-9-19)15-3-1-2-6-20(15)17(22)14-4-10-24-13-14/h4,10,13,15H,1-3,5-9,11-12H2,(H,18,21)/p+1/t15-/m0/s1. The fourth-order valence-corrected chi connectivity index (χ4v) is 3.39. The number of morpholine rings is 1. The van der Waals surface area contributed by atoms with Gasteiger partial charge in [0.1, 0.15) is 25.4 Å². The van der Waals surface area contributed by atoms with Gasteiger partial charge in [-0.25, -0.2) is 0 Å². The van der Waals surface area contributed by atoms with Crippen LogP contribution in [-0.2, 0) is 9.53 Å². The van der Waals surface area contributed by atoms with Crippen molar-refractivity contribution >= 4 is 11.8 Å². The number of rotatable bonds is 5. The molecule has 0 aliphatic carbocycles. The van der Waals surface area contributed by atoms with Gasteiger partial charge in [0.15, 0.2) is 0 Å². The number of hydrogen-bond acceptors (Lipinski definition) is 4. The summed E-state index contributed by atoms with van der Waals surface area (Å²) in [5.41, 5.74) is 0.507. The molecule has 1 aromatic rings. The quantitative estimate of drug-likeness (QED) is 0.746. The summed E-state index contributed by atoms with van der Waals surface area (Å²) < 4.78 is 10.3.